The number of oxime groups is 1. The van der Waals surface area contributed by atoms with E-state index in [-0.39, 0.29) is 20.9 Å². The summed E-state index contributed by atoms with van der Waals surface area (Å²) in [5, 5.41) is 15.0. The van der Waals surface area contributed by atoms with Gasteiger partial charge >= 0.3 is 11.9 Å². The molecule has 1 fully saturated rings. The van der Waals surface area contributed by atoms with Crippen LogP contribution in [0.15, 0.2) is 16.9 Å². The molecule has 15 heteroatoms. The summed E-state index contributed by atoms with van der Waals surface area (Å²) in [6.07, 6.45) is 0.255. The Morgan fingerprint density at radius 1 is 1.41 bits per heavy atom. The van der Waals surface area contributed by atoms with Crippen LogP contribution in [-0.2, 0) is 28.8 Å². The molecule has 2 amide bonds. The number of ether oxygens (including phenoxy) is 1. The number of aromatic nitrogens is 1. The van der Waals surface area contributed by atoms with Crippen LogP contribution >= 0.6 is 34.7 Å². The number of thioether (sulfide) groups is 1. The molecule has 0 spiro atoms. The first-order valence-corrected chi connectivity index (χ1v) is 12.1. The molecule has 0 saturated carbocycles. The molecule has 34 heavy (non-hydrogen) atoms. The number of anilines is 1. The van der Waals surface area contributed by atoms with Gasteiger partial charge in [0.2, 0.25) is 6.10 Å². The summed E-state index contributed by atoms with van der Waals surface area (Å²) in [5.74, 6) is -3.05. The quantitative estimate of drug-likeness (QED) is 0.201. The van der Waals surface area contributed by atoms with Crippen LogP contribution in [0, 0.1) is 0 Å². The molecule has 4 N–H and O–H groups in total. The molecule has 2 aliphatic rings. The molecule has 0 aromatic carbocycles. The number of nitrogens with two attached hydrogens (primary N) is 1. The fraction of sp³-hybridized carbons (Fsp3) is 0.474. The molecule has 184 valence electrons. The maximum absolute atomic E-state index is 13.1. The summed E-state index contributed by atoms with van der Waals surface area (Å²) in [5.41, 5.74) is 4.27. The highest BCUT2D eigenvalue weighted by atomic mass is 35.5. The molecule has 2 aliphatic heterocycles. The summed E-state index contributed by atoms with van der Waals surface area (Å²) in [6, 6.07) is -1.01. The third kappa shape index (κ3) is 5.45. The molecule has 0 bridgehead atoms. The van der Waals surface area contributed by atoms with E-state index in [1.54, 1.807) is 20.8 Å². The van der Waals surface area contributed by atoms with Crippen LogP contribution in [0.4, 0.5) is 5.13 Å². The van der Waals surface area contributed by atoms with Gasteiger partial charge in [-0.3, -0.25) is 14.5 Å². The van der Waals surface area contributed by atoms with Crippen molar-refractivity contribution in [3.63, 3.8) is 0 Å². The van der Waals surface area contributed by atoms with Crippen LogP contribution in [0.25, 0.3) is 0 Å². The highest BCUT2D eigenvalue weighted by molar-refractivity contribution is 8.00. The van der Waals surface area contributed by atoms with Crippen molar-refractivity contribution in [1.82, 2.24) is 15.2 Å². The molecule has 2 unspecified atom stereocenters. The first kappa shape index (κ1) is 25.8. The van der Waals surface area contributed by atoms with Gasteiger partial charge in [-0.05, 0) is 33.8 Å². The van der Waals surface area contributed by atoms with Crippen molar-refractivity contribution < 1.29 is 33.9 Å². The van der Waals surface area contributed by atoms with Crippen LogP contribution in [0.2, 0.25) is 4.34 Å². The molecule has 1 aromatic heterocycles. The van der Waals surface area contributed by atoms with Crippen molar-refractivity contribution >= 4 is 69.3 Å². The minimum Gasteiger partial charge on any atom is -0.477 e. The molecule has 12 nitrogen and oxygen atoms in total. The molecule has 1 aromatic rings. The van der Waals surface area contributed by atoms with Gasteiger partial charge in [0.05, 0.1) is 0 Å². The lowest BCUT2D eigenvalue weighted by Gasteiger charge is -2.48. The number of nitrogens with one attached hydrogen (secondary N) is 1. The van der Waals surface area contributed by atoms with Crippen molar-refractivity contribution in [2.24, 2.45) is 5.16 Å². The number of hydrogen-bond acceptors (Lipinski definition) is 11. The fourth-order valence-electron chi connectivity index (χ4n) is 2.96. The second-order valence-electron chi connectivity index (χ2n) is 8.17. The maximum Gasteiger partial charge on any atom is 0.352 e. The Morgan fingerprint density at radius 2 is 2.09 bits per heavy atom. The topological polar surface area (TPSA) is 174 Å². The van der Waals surface area contributed by atoms with Crippen LogP contribution in [0.5, 0.6) is 0 Å². The number of esters is 1. The number of halogens is 1. The normalized spacial score (nSPS) is 21.1. The lowest BCUT2D eigenvalue weighted by Crippen LogP contribution is -2.70. The van der Waals surface area contributed by atoms with Gasteiger partial charge in [0.15, 0.2) is 10.8 Å². The minimum atomic E-state index is -1.24. The smallest absolute Gasteiger partial charge is 0.352 e. The summed E-state index contributed by atoms with van der Waals surface area (Å²) >= 11 is 8.33. The molecular formula is C19H22ClN5O7S2. The molecule has 1 saturated heterocycles. The summed E-state index contributed by atoms with van der Waals surface area (Å²) in [6.45, 7) is 6.44. The van der Waals surface area contributed by atoms with Gasteiger partial charge in [-0.1, -0.05) is 28.1 Å². The number of hydrogen-bond donors (Lipinski definition) is 3. The summed E-state index contributed by atoms with van der Waals surface area (Å²) in [7, 11) is 0. The van der Waals surface area contributed by atoms with Crippen LogP contribution in [0.3, 0.4) is 0 Å². The average molecular weight is 532 g/mol. The van der Waals surface area contributed by atoms with Crippen LogP contribution in [-0.4, -0.2) is 73.3 Å². The van der Waals surface area contributed by atoms with Crippen molar-refractivity contribution in [2.75, 3.05) is 11.5 Å². The van der Waals surface area contributed by atoms with Gasteiger partial charge in [-0.15, -0.1) is 11.8 Å². The van der Waals surface area contributed by atoms with E-state index >= 15 is 0 Å². The second kappa shape index (κ2) is 9.80. The van der Waals surface area contributed by atoms with E-state index < -0.39 is 52.6 Å². The number of β-lactam (4-membered cyclic amide) rings is 1. The van der Waals surface area contributed by atoms with E-state index in [0.717, 1.165) is 16.2 Å². The van der Waals surface area contributed by atoms with E-state index in [0.29, 0.717) is 5.75 Å². The highest BCUT2D eigenvalue weighted by Gasteiger charge is 2.53. The Kier molecular flexibility index (Phi) is 7.43. The Bertz CT molecular complexity index is 1100. The van der Waals surface area contributed by atoms with E-state index in [1.165, 1.54) is 24.8 Å². The maximum atomic E-state index is 13.1. The number of aliphatic carboxylic acids is 1. The number of thiazole rings is 1. The van der Waals surface area contributed by atoms with Crippen LogP contribution < -0.4 is 11.1 Å². The fourth-order valence-corrected chi connectivity index (χ4v) is 5.09. The first-order chi connectivity index (χ1) is 15.8. The Balaban J connectivity index is 1.80. The third-order valence-corrected chi connectivity index (χ3v) is 6.70. The number of carboxylic acids is 1. The Morgan fingerprint density at radius 3 is 2.65 bits per heavy atom. The van der Waals surface area contributed by atoms with Gasteiger partial charge in [-0.2, -0.15) is 0 Å². The van der Waals surface area contributed by atoms with Crippen molar-refractivity contribution in [3.8, 4) is 0 Å². The van der Waals surface area contributed by atoms with Crippen molar-refractivity contribution in [3.05, 3.63) is 21.8 Å². The molecule has 3 atom stereocenters. The molecular weight excluding hydrogens is 510 g/mol. The number of carbonyl (C=O) groups excluding carboxylic acids is 3. The summed E-state index contributed by atoms with van der Waals surface area (Å²) in [4.78, 5) is 59.5. The van der Waals surface area contributed by atoms with Gasteiger partial charge < -0.3 is 25.7 Å². The van der Waals surface area contributed by atoms with E-state index in [9.17, 15) is 24.3 Å². The van der Waals surface area contributed by atoms with E-state index in [2.05, 4.69) is 15.5 Å². The average Bonchev–Trinajstić information content (AvgIpc) is 3.07. The number of nitrogen functional groups attached to an aromatic ring is 1. The number of carboxylic acid groups (broad SMARTS) is 1. The first-order valence-electron chi connectivity index (χ1n) is 9.88. The standard InChI is InChI=1S/C19H22ClN5O7S2/c1-7(17(30)31-19(2,3)4)32-24-10(9-12(20)34-18(21)23-9)13(26)22-11-14(27)25-8(16(28)29)5-6-33-15(11)25/h5,7,11,15H,6H2,1-4H3,(H2,21,23)(H,22,26)(H,28,29)/t7?,11?,15-/m1/s1. The molecule has 0 aliphatic carbocycles. The summed E-state index contributed by atoms with van der Waals surface area (Å²) < 4.78 is 5.27. The van der Waals surface area contributed by atoms with E-state index in [1.807, 2.05) is 0 Å². The number of carbonyl (C=O) groups is 4. The highest BCUT2D eigenvalue weighted by Crippen LogP contribution is 2.37. The lowest BCUT2D eigenvalue weighted by molar-refractivity contribution is -0.167. The van der Waals surface area contributed by atoms with Crippen molar-refractivity contribution in [1.29, 1.82) is 0 Å². The second-order valence-corrected chi connectivity index (χ2v) is 11.0. The van der Waals surface area contributed by atoms with Crippen molar-refractivity contribution in [2.45, 2.75) is 50.8 Å². The zero-order chi connectivity index (χ0) is 25.4. The number of nitrogens with zero attached hydrogens (tertiary/aromatic N) is 3. The zero-order valence-corrected chi connectivity index (χ0v) is 20.9. The number of amides is 2. The van der Waals surface area contributed by atoms with Gasteiger partial charge in [0.1, 0.15) is 32.7 Å². The Hall–Kier alpha value is -2.84. The van der Waals surface area contributed by atoms with Crippen LogP contribution in [0.1, 0.15) is 33.4 Å². The molecule has 3 heterocycles. The largest absolute Gasteiger partial charge is 0.477 e. The van der Waals surface area contributed by atoms with E-state index in [4.69, 9.17) is 26.9 Å². The van der Waals surface area contributed by atoms with Gasteiger partial charge in [0.25, 0.3) is 11.8 Å². The van der Waals surface area contributed by atoms with Gasteiger partial charge in [-0.25, -0.2) is 14.6 Å². The Labute approximate surface area is 207 Å². The molecule has 0 radical (unpaired) electrons. The molecule has 3 rings (SSSR count). The third-order valence-electron chi connectivity index (χ3n) is 4.43. The monoisotopic (exact) mass is 531 g/mol. The number of fused-ring (bicyclic) bond motifs is 1. The predicted molar refractivity (Wildman–Crippen MR) is 125 cm³/mol. The predicted octanol–water partition coefficient (Wildman–Crippen LogP) is 1.20. The lowest BCUT2D eigenvalue weighted by atomic mass is 10.0. The SMILES string of the molecule is CC(ON=C(C(=O)NC1C(=O)N2C(C(=O)O)=CCS[C@H]12)c1nc(N)sc1Cl)C(=O)OC(C)(C)C. The number of rotatable bonds is 7. The minimum absolute atomic E-state index is 0.0459. The zero-order valence-electron chi connectivity index (χ0n) is 18.5. The van der Waals surface area contributed by atoms with Gasteiger partial charge in [0, 0.05) is 5.75 Å².